The summed E-state index contributed by atoms with van der Waals surface area (Å²) in [5, 5.41) is 0. The molecule has 0 aromatic heterocycles. The fraction of sp³-hybridized carbons (Fsp3) is 0.638. The van der Waals surface area contributed by atoms with Gasteiger partial charge in [-0.05, 0) is 128 Å². The zero-order chi connectivity index (χ0) is 54.3. The van der Waals surface area contributed by atoms with Gasteiger partial charge in [0.25, 0.3) is 0 Å². The zero-order valence-electron chi connectivity index (χ0n) is 48.5. The molecule has 424 valence electrons. The van der Waals surface area contributed by atoms with Crippen LogP contribution < -0.4 is 0 Å². The first-order chi connectivity index (χ1) is 37.0. The number of unbranched alkanes of at least 4 members (excludes halogenated alkanes) is 21. The minimum Gasteiger partial charge on any atom is -0.462 e. The number of carbonyl (C=O) groups excluding carboxylic acids is 3. The Labute approximate surface area is 462 Å². The summed E-state index contributed by atoms with van der Waals surface area (Å²) in [6, 6.07) is 0. The van der Waals surface area contributed by atoms with Crippen LogP contribution in [0.2, 0.25) is 0 Å². The summed E-state index contributed by atoms with van der Waals surface area (Å²) < 4.78 is 16.8. The van der Waals surface area contributed by atoms with Crippen molar-refractivity contribution in [2.24, 2.45) is 0 Å². The molecule has 0 aromatic rings. The van der Waals surface area contributed by atoms with Crippen molar-refractivity contribution >= 4 is 17.9 Å². The van der Waals surface area contributed by atoms with Crippen molar-refractivity contribution in [2.75, 3.05) is 13.2 Å². The predicted octanol–water partition coefficient (Wildman–Crippen LogP) is 21.0. The molecule has 0 saturated heterocycles. The molecule has 0 heterocycles. The van der Waals surface area contributed by atoms with E-state index in [2.05, 4.69) is 154 Å². The van der Waals surface area contributed by atoms with E-state index < -0.39 is 6.10 Å². The SMILES string of the molecule is CC/C=C\C/C=C\C/C=C\C/C=C\C/C=C\C/C=C\CCCCCCCCCCCCCCC(=O)OCC(COC(=O)CCCCCCC/C=C\CCCC)OC(=O)CCCC/C=C\C/C=C\C/C=C\C/C=C\CC. The Morgan fingerprint density at radius 3 is 0.853 bits per heavy atom. The number of esters is 3. The Kier molecular flexibility index (Phi) is 58.4. The summed E-state index contributed by atoms with van der Waals surface area (Å²) >= 11 is 0. The van der Waals surface area contributed by atoms with E-state index in [9.17, 15) is 14.4 Å². The molecule has 1 unspecified atom stereocenters. The van der Waals surface area contributed by atoms with Crippen molar-refractivity contribution in [2.45, 2.75) is 271 Å². The summed E-state index contributed by atoms with van der Waals surface area (Å²) in [4.78, 5) is 38.1. The molecule has 6 heteroatoms. The van der Waals surface area contributed by atoms with E-state index in [1.54, 1.807) is 0 Å². The lowest BCUT2D eigenvalue weighted by molar-refractivity contribution is -0.167. The molecule has 1 atom stereocenters. The quantitative estimate of drug-likeness (QED) is 0.0261. The molecule has 0 aliphatic heterocycles. The monoisotopic (exact) mass is 1040 g/mol. The van der Waals surface area contributed by atoms with Crippen molar-refractivity contribution in [1.82, 2.24) is 0 Å². The van der Waals surface area contributed by atoms with Crippen molar-refractivity contribution < 1.29 is 28.6 Å². The standard InChI is InChI=1S/C69H112O6/c1-4-7-10-13-16-19-22-24-26-27-28-29-30-31-32-33-34-35-36-37-38-39-40-41-43-44-47-50-53-56-59-62-68(71)74-65-66(64-73-67(70)61-58-55-52-49-46-21-18-15-12-9-6-3)75-69(72)63-60-57-54-51-48-45-42-25-23-20-17-14-11-8-5-2/h7-8,10-11,15-20,24-26,28-29,31-32,34-35,42,48,51,66H,4-6,9,12-14,21-23,27,30,33,36-41,43-47,49-50,52-65H2,1-3H3/b10-7-,11-8-,18-15-,19-16-,20-17-,26-24-,29-28-,32-31-,35-34-,42-25-,51-48-. The van der Waals surface area contributed by atoms with Gasteiger partial charge in [0.2, 0.25) is 0 Å². The molecule has 0 rings (SSSR count). The first-order valence-corrected chi connectivity index (χ1v) is 30.7. The predicted molar refractivity (Wildman–Crippen MR) is 325 cm³/mol. The lowest BCUT2D eigenvalue weighted by Crippen LogP contribution is -2.30. The van der Waals surface area contributed by atoms with Crippen LogP contribution in [0.3, 0.4) is 0 Å². The van der Waals surface area contributed by atoms with Gasteiger partial charge in [-0.2, -0.15) is 0 Å². The van der Waals surface area contributed by atoms with E-state index in [4.69, 9.17) is 14.2 Å². The second-order valence-electron chi connectivity index (χ2n) is 19.8. The van der Waals surface area contributed by atoms with E-state index >= 15 is 0 Å². The second-order valence-corrected chi connectivity index (χ2v) is 19.8. The molecule has 0 aromatic carbocycles. The van der Waals surface area contributed by atoms with E-state index in [0.29, 0.717) is 19.3 Å². The fourth-order valence-corrected chi connectivity index (χ4v) is 8.06. The number of hydrogen-bond donors (Lipinski definition) is 0. The zero-order valence-corrected chi connectivity index (χ0v) is 48.5. The van der Waals surface area contributed by atoms with Crippen LogP contribution in [-0.4, -0.2) is 37.2 Å². The van der Waals surface area contributed by atoms with Crippen LogP contribution in [0.5, 0.6) is 0 Å². The molecule has 0 aliphatic carbocycles. The molecular weight excluding hydrogens is 925 g/mol. The lowest BCUT2D eigenvalue weighted by Gasteiger charge is -2.18. The molecule has 0 spiro atoms. The lowest BCUT2D eigenvalue weighted by atomic mass is 10.0. The van der Waals surface area contributed by atoms with Crippen LogP contribution in [0.1, 0.15) is 265 Å². The number of carbonyl (C=O) groups is 3. The van der Waals surface area contributed by atoms with Crippen LogP contribution in [0, 0.1) is 0 Å². The maximum Gasteiger partial charge on any atom is 0.306 e. The van der Waals surface area contributed by atoms with Gasteiger partial charge in [-0.25, -0.2) is 0 Å². The Morgan fingerprint density at radius 1 is 0.280 bits per heavy atom. The van der Waals surface area contributed by atoms with Gasteiger partial charge in [0, 0.05) is 19.3 Å². The minimum absolute atomic E-state index is 0.101. The highest BCUT2D eigenvalue weighted by molar-refractivity contribution is 5.71. The molecule has 6 nitrogen and oxygen atoms in total. The van der Waals surface area contributed by atoms with Crippen LogP contribution in [0.4, 0.5) is 0 Å². The third kappa shape index (κ3) is 60.3. The number of allylic oxidation sites excluding steroid dienone is 22. The van der Waals surface area contributed by atoms with Gasteiger partial charge in [0.15, 0.2) is 6.10 Å². The van der Waals surface area contributed by atoms with Crippen LogP contribution in [0.25, 0.3) is 0 Å². The molecule has 0 amide bonds. The van der Waals surface area contributed by atoms with Crippen molar-refractivity contribution in [3.05, 3.63) is 134 Å². The molecule has 75 heavy (non-hydrogen) atoms. The van der Waals surface area contributed by atoms with E-state index in [0.717, 1.165) is 128 Å². The van der Waals surface area contributed by atoms with Crippen molar-refractivity contribution in [3.63, 3.8) is 0 Å². The highest BCUT2D eigenvalue weighted by Crippen LogP contribution is 2.15. The number of ether oxygens (including phenoxy) is 3. The van der Waals surface area contributed by atoms with Gasteiger partial charge in [0.05, 0.1) is 0 Å². The Bertz CT molecular complexity index is 1620. The van der Waals surface area contributed by atoms with Crippen LogP contribution in [0.15, 0.2) is 134 Å². The summed E-state index contributed by atoms with van der Waals surface area (Å²) in [5.41, 5.74) is 0. The van der Waals surface area contributed by atoms with Gasteiger partial charge in [-0.3, -0.25) is 14.4 Å². The fourth-order valence-electron chi connectivity index (χ4n) is 8.06. The molecular formula is C69H112O6. The van der Waals surface area contributed by atoms with Gasteiger partial charge in [-0.1, -0.05) is 251 Å². The average Bonchev–Trinajstić information content (AvgIpc) is 3.41. The molecule has 0 aliphatic rings. The van der Waals surface area contributed by atoms with Crippen molar-refractivity contribution in [3.8, 4) is 0 Å². The molecule has 0 N–H and O–H groups in total. The Balaban J connectivity index is 4.25. The highest BCUT2D eigenvalue weighted by atomic mass is 16.6. The first-order valence-electron chi connectivity index (χ1n) is 30.7. The molecule has 0 saturated carbocycles. The van der Waals surface area contributed by atoms with Crippen molar-refractivity contribution in [1.29, 1.82) is 0 Å². The average molecular weight is 1040 g/mol. The van der Waals surface area contributed by atoms with E-state index in [-0.39, 0.29) is 37.5 Å². The minimum atomic E-state index is -0.807. The molecule has 0 radical (unpaired) electrons. The summed E-state index contributed by atoms with van der Waals surface area (Å²) in [7, 11) is 0. The molecule has 0 fully saturated rings. The second kappa shape index (κ2) is 62.1. The number of hydrogen-bond acceptors (Lipinski definition) is 6. The first kappa shape index (κ1) is 70.5. The van der Waals surface area contributed by atoms with E-state index in [1.807, 2.05) is 0 Å². The van der Waals surface area contributed by atoms with Crippen LogP contribution in [-0.2, 0) is 28.6 Å². The van der Waals surface area contributed by atoms with Gasteiger partial charge in [-0.15, -0.1) is 0 Å². The third-order valence-corrected chi connectivity index (χ3v) is 12.6. The normalized spacial score (nSPS) is 13.1. The highest BCUT2D eigenvalue weighted by Gasteiger charge is 2.19. The smallest absolute Gasteiger partial charge is 0.306 e. The van der Waals surface area contributed by atoms with Gasteiger partial charge >= 0.3 is 17.9 Å². The Morgan fingerprint density at radius 2 is 0.520 bits per heavy atom. The molecule has 0 bridgehead atoms. The largest absolute Gasteiger partial charge is 0.462 e. The van der Waals surface area contributed by atoms with Crippen LogP contribution >= 0.6 is 0 Å². The Hall–Kier alpha value is -4.45. The number of rotatable bonds is 54. The summed E-state index contributed by atoms with van der Waals surface area (Å²) in [6.07, 6.45) is 87.5. The topological polar surface area (TPSA) is 78.9 Å². The third-order valence-electron chi connectivity index (χ3n) is 12.6. The van der Waals surface area contributed by atoms with Gasteiger partial charge < -0.3 is 14.2 Å². The van der Waals surface area contributed by atoms with E-state index in [1.165, 1.54) is 89.9 Å². The maximum atomic E-state index is 12.8. The summed E-state index contributed by atoms with van der Waals surface area (Å²) in [6.45, 7) is 6.32. The summed E-state index contributed by atoms with van der Waals surface area (Å²) in [5.74, 6) is -0.957. The maximum absolute atomic E-state index is 12.8. The van der Waals surface area contributed by atoms with Gasteiger partial charge in [0.1, 0.15) is 13.2 Å².